The van der Waals surface area contributed by atoms with E-state index in [0.717, 1.165) is 58.7 Å². The number of benzene rings is 2. The van der Waals surface area contributed by atoms with Gasteiger partial charge in [-0.2, -0.15) is 0 Å². The molecule has 2 aromatic carbocycles. The minimum Gasteiger partial charge on any atom is -0.461 e. The number of imidazole rings is 2. The summed E-state index contributed by atoms with van der Waals surface area (Å²) in [5, 5.41) is 0. The molecule has 0 saturated carbocycles. The molecule has 2 aliphatic rings. The van der Waals surface area contributed by atoms with Crippen LogP contribution < -0.4 is 0 Å². The van der Waals surface area contributed by atoms with E-state index in [1.54, 1.807) is 16.7 Å². The van der Waals surface area contributed by atoms with E-state index in [1.165, 1.54) is 0 Å². The molecule has 2 atom stereocenters. The van der Waals surface area contributed by atoms with Crippen LogP contribution in [0.15, 0.2) is 48.5 Å². The Morgan fingerprint density at radius 1 is 0.692 bits per heavy atom. The van der Waals surface area contributed by atoms with Gasteiger partial charge in [0.15, 0.2) is 5.69 Å². The minimum atomic E-state index is -0.625. The molecule has 2 aromatic heterocycles. The third kappa shape index (κ3) is 8.00. The number of aromatic nitrogens is 4. The van der Waals surface area contributed by atoms with E-state index in [2.05, 4.69) is 22.1 Å². The fraction of sp³-hybridized carbons (Fsp3) is 0.475. The van der Waals surface area contributed by atoms with E-state index < -0.39 is 23.3 Å². The van der Waals surface area contributed by atoms with Crippen LogP contribution >= 0.6 is 0 Å². The number of H-pyrrole nitrogens is 2. The minimum absolute atomic E-state index is 0.155. The maximum atomic E-state index is 13.1. The maximum absolute atomic E-state index is 13.1. The van der Waals surface area contributed by atoms with Crippen molar-refractivity contribution < 1.29 is 28.6 Å². The lowest BCUT2D eigenvalue weighted by Crippen LogP contribution is -2.36. The number of likely N-dealkylation sites (tertiary alicyclic amines) is 2. The Kier molecular flexibility index (Phi) is 10.2. The number of hydrogen-bond donors (Lipinski definition) is 2. The van der Waals surface area contributed by atoms with E-state index in [-0.39, 0.29) is 30.5 Å². The van der Waals surface area contributed by atoms with Crippen LogP contribution in [0.2, 0.25) is 0 Å². The quantitative estimate of drug-likeness (QED) is 0.143. The number of esters is 1. The predicted molar refractivity (Wildman–Crippen MR) is 198 cm³/mol. The van der Waals surface area contributed by atoms with Crippen molar-refractivity contribution in [1.82, 2.24) is 29.7 Å². The summed E-state index contributed by atoms with van der Waals surface area (Å²) in [7, 11) is 0. The average molecular weight is 711 g/mol. The first-order valence-electron chi connectivity index (χ1n) is 18.2. The third-order valence-corrected chi connectivity index (χ3v) is 9.15. The summed E-state index contributed by atoms with van der Waals surface area (Å²) in [4.78, 5) is 58.9. The SMILES string of the molecule is CCOC(=O)c1[nH]c(C2CCCN2C(=O)OC(C)(C)C)nc1-c1ccc(-c2ccc(-c3nc(C4CCCN4C(=O)OC(C)(C)C)[nH]c3C)cc2)cc1. The summed E-state index contributed by atoms with van der Waals surface area (Å²) in [6, 6.07) is 15.6. The van der Waals surface area contributed by atoms with Crippen LogP contribution in [0, 0.1) is 6.92 Å². The van der Waals surface area contributed by atoms with E-state index in [4.69, 9.17) is 24.2 Å². The lowest BCUT2D eigenvalue weighted by molar-refractivity contribution is 0.0208. The van der Waals surface area contributed by atoms with Crippen LogP contribution in [0.5, 0.6) is 0 Å². The number of carbonyl (C=O) groups is 3. The average Bonchev–Trinajstić information content (AvgIpc) is 3.89. The van der Waals surface area contributed by atoms with Crippen molar-refractivity contribution in [2.24, 2.45) is 0 Å². The second-order valence-electron chi connectivity index (χ2n) is 15.5. The molecule has 2 saturated heterocycles. The zero-order valence-electron chi connectivity index (χ0n) is 31.5. The second kappa shape index (κ2) is 14.5. The third-order valence-electron chi connectivity index (χ3n) is 9.15. The van der Waals surface area contributed by atoms with Crippen molar-refractivity contribution in [1.29, 1.82) is 0 Å². The van der Waals surface area contributed by atoms with Gasteiger partial charge in [-0.15, -0.1) is 0 Å². The van der Waals surface area contributed by atoms with Crippen molar-refractivity contribution in [2.45, 2.75) is 104 Å². The molecule has 2 aliphatic heterocycles. The number of carbonyl (C=O) groups excluding carboxylic acids is 3. The smallest absolute Gasteiger partial charge is 0.410 e. The molecule has 4 aromatic rings. The summed E-state index contributed by atoms with van der Waals surface area (Å²) in [6.45, 7) is 16.3. The molecule has 0 spiro atoms. The molecule has 12 nitrogen and oxygen atoms in total. The largest absolute Gasteiger partial charge is 0.461 e. The van der Waals surface area contributed by atoms with Gasteiger partial charge in [-0.1, -0.05) is 48.5 Å². The van der Waals surface area contributed by atoms with Gasteiger partial charge in [0.05, 0.1) is 24.4 Å². The molecule has 276 valence electrons. The molecule has 0 aliphatic carbocycles. The lowest BCUT2D eigenvalue weighted by Gasteiger charge is -2.27. The number of aromatic amines is 2. The fourth-order valence-electron chi connectivity index (χ4n) is 6.85. The molecular formula is C40H50N6O6. The van der Waals surface area contributed by atoms with Crippen molar-refractivity contribution in [3.8, 4) is 33.6 Å². The Hall–Kier alpha value is -5.13. The van der Waals surface area contributed by atoms with E-state index >= 15 is 0 Å². The Balaban J connectivity index is 1.21. The van der Waals surface area contributed by atoms with E-state index in [1.807, 2.05) is 84.9 Å². The molecule has 0 bridgehead atoms. The molecule has 2 fully saturated rings. The molecule has 12 heteroatoms. The van der Waals surface area contributed by atoms with Gasteiger partial charge in [0.2, 0.25) is 0 Å². The summed E-state index contributed by atoms with van der Waals surface area (Å²) >= 11 is 0. The first kappa shape index (κ1) is 36.7. The highest BCUT2D eigenvalue weighted by molar-refractivity contribution is 5.94. The maximum Gasteiger partial charge on any atom is 0.410 e. The van der Waals surface area contributed by atoms with Gasteiger partial charge in [0.25, 0.3) is 0 Å². The van der Waals surface area contributed by atoms with Crippen LogP contribution in [-0.2, 0) is 14.2 Å². The highest BCUT2D eigenvalue weighted by Gasteiger charge is 2.37. The van der Waals surface area contributed by atoms with Crippen molar-refractivity contribution in [2.75, 3.05) is 19.7 Å². The summed E-state index contributed by atoms with van der Waals surface area (Å²) < 4.78 is 16.7. The normalized spacial score (nSPS) is 17.8. The fourth-order valence-corrected chi connectivity index (χ4v) is 6.85. The second-order valence-corrected chi connectivity index (χ2v) is 15.5. The molecule has 4 heterocycles. The van der Waals surface area contributed by atoms with Gasteiger partial charge in [-0.05, 0) is 92.2 Å². The monoisotopic (exact) mass is 710 g/mol. The number of aryl methyl sites for hydroxylation is 1. The van der Waals surface area contributed by atoms with Crippen molar-refractivity contribution in [3.05, 3.63) is 71.6 Å². The predicted octanol–water partition coefficient (Wildman–Crippen LogP) is 8.76. The van der Waals surface area contributed by atoms with Crippen molar-refractivity contribution in [3.63, 3.8) is 0 Å². The first-order valence-corrected chi connectivity index (χ1v) is 18.2. The highest BCUT2D eigenvalue weighted by atomic mass is 16.6. The van der Waals surface area contributed by atoms with Gasteiger partial charge < -0.3 is 24.2 Å². The molecule has 2 N–H and O–H groups in total. The van der Waals surface area contributed by atoms with Crippen molar-refractivity contribution >= 4 is 18.2 Å². The van der Waals surface area contributed by atoms with Gasteiger partial charge in [-0.25, -0.2) is 24.4 Å². The van der Waals surface area contributed by atoms with Crippen LogP contribution in [0.4, 0.5) is 9.59 Å². The van der Waals surface area contributed by atoms with E-state index in [9.17, 15) is 14.4 Å². The summed E-state index contributed by atoms with van der Waals surface area (Å²) in [5.74, 6) is 0.799. The van der Waals surface area contributed by atoms with E-state index in [0.29, 0.717) is 31.0 Å². The highest BCUT2D eigenvalue weighted by Crippen LogP contribution is 2.37. The molecular weight excluding hydrogens is 660 g/mol. The van der Waals surface area contributed by atoms with Gasteiger partial charge in [-0.3, -0.25) is 9.80 Å². The number of amides is 2. The van der Waals surface area contributed by atoms with Crippen LogP contribution in [0.1, 0.15) is 114 Å². The van der Waals surface area contributed by atoms with Gasteiger partial charge in [0, 0.05) is 29.9 Å². The zero-order chi connectivity index (χ0) is 37.4. The van der Waals surface area contributed by atoms with Crippen LogP contribution in [0.25, 0.3) is 33.6 Å². The zero-order valence-corrected chi connectivity index (χ0v) is 31.5. The Labute approximate surface area is 305 Å². The standard InChI is InChI=1S/C40H50N6O6/c1-9-50-36(47)33-32(43-35(44-33)30-13-11-23-46(30)38(49)52-40(6,7)8)28-20-16-26(17-21-28)25-14-18-27(19-15-25)31-24(2)41-34(42-31)29-12-10-22-45(29)37(48)51-39(3,4)5/h14-21,29-30H,9-13,22-23H2,1-8H3,(H,41,42)(H,43,44). The number of rotatable bonds is 7. The molecule has 6 rings (SSSR count). The summed E-state index contributed by atoms with van der Waals surface area (Å²) in [5.41, 5.74) is 5.06. The Bertz CT molecular complexity index is 1920. The number of nitrogens with one attached hydrogen (secondary N) is 2. The van der Waals surface area contributed by atoms with Gasteiger partial charge in [0.1, 0.15) is 28.5 Å². The topological polar surface area (TPSA) is 143 Å². The van der Waals surface area contributed by atoms with Crippen LogP contribution in [0.3, 0.4) is 0 Å². The Morgan fingerprint density at radius 3 is 1.58 bits per heavy atom. The van der Waals surface area contributed by atoms with Gasteiger partial charge >= 0.3 is 18.2 Å². The summed E-state index contributed by atoms with van der Waals surface area (Å²) in [6.07, 6.45) is 2.51. The first-order chi connectivity index (χ1) is 24.6. The Morgan fingerprint density at radius 2 is 1.12 bits per heavy atom. The number of hydrogen-bond acceptors (Lipinski definition) is 8. The molecule has 52 heavy (non-hydrogen) atoms. The molecule has 0 radical (unpaired) electrons. The molecule has 2 unspecified atom stereocenters. The number of ether oxygens (including phenoxy) is 3. The molecule has 2 amide bonds. The lowest BCUT2D eigenvalue weighted by atomic mass is 10.00. The number of nitrogens with zero attached hydrogens (tertiary/aromatic N) is 4. The van der Waals surface area contributed by atoms with Crippen LogP contribution in [-0.4, -0.2) is 78.8 Å².